The van der Waals surface area contributed by atoms with E-state index in [4.69, 9.17) is 14.2 Å². The quantitative estimate of drug-likeness (QED) is 0.813. The van der Waals surface area contributed by atoms with Gasteiger partial charge >= 0.3 is 6.18 Å². The molecule has 2 aromatic rings. The molecule has 9 heteroatoms. The average Bonchev–Trinajstić information content (AvgIpc) is 2.69. The fraction of sp³-hybridized carbons (Fsp3) is 0.368. The van der Waals surface area contributed by atoms with Crippen molar-refractivity contribution in [1.82, 2.24) is 10.3 Å². The lowest BCUT2D eigenvalue weighted by molar-refractivity contribution is -0.154. The standard InChI is InChI=1S/C19H19F3N2O4/c1-26-15-4-5-16-13(8-15)7-14(10-27-16)17(25)24-9-12-3-2-6-23-18(12)28-11-19(20,21)22/h2-6,8,14H,7,9-11H2,1H3,(H,24,25). The Morgan fingerprint density at radius 2 is 2.18 bits per heavy atom. The second-order valence-electron chi connectivity index (χ2n) is 6.28. The minimum atomic E-state index is -4.47. The van der Waals surface area contributed by atoms with Gasteiger partial charge in [-0.25, -0.2) is 4.98 Å². The second kappa shape index (κ2) is 8.37. The molecule has 1 aliphatic heterocycles. The van der Waals surface area contributed by atoms with E-state index < -0.39 is 18.7 Å². The van der Waals surface area contributed by atoms with Crippen LogP contribution in [0.5, 0.6) is 17.4 Å². The summed E-state index contributed by atoms with van der Waals surface area (Å²) in [5, 5.41) is 2.71. The van der Waals surface area contributed by atoms with Crippen LogP contribution < -0.4 is 19.5 Å². The molecule has 0 spiro atoms. The Hall–Kier alpha value is -2.97. The van der Waals surface area contributed by atoms with Gasteiger partial charge in [-0.3, -0.25) is 4.79 Å². The van der Waals surface area contributed by atoms with Crippen molar-refractivity contribution in [3.63, 3.8) is 0 Å². The van der Waals surface area contributed by atoms with Crippen LogP contribution in [0.3, 0.4) is 0 Å². The van der Waals surface area contributed by atoms with Crippen LogP contribution in [0.2, 0.25) is 0 Å². The van der Waals surface area contributed by atoms with E-state index in [1.807, 2.05) is 6.07 Å². The van der Waals surface area contributed by atoms with Crippen LogP contribution in [0.25, 0.3) is 0 Å². The van der Waals surface area contributed by atoms with E-state index >= 15 is 0 Å². The molecule has 0 fully saturated rings. The van der Waals surface area contributed by atoms with E-state index in [0.717, 1.165) is 5.56 Å². The van der Waals surface area contributed by atoms with E-state index in [9.17, 15) is 18.0 Å². The van der Waals surface area contributed by atoms with Crippen molar-refractivity contribution in [2.24, 2.45) is 5.92 Å². The Kier molecular flexibility index (Phi) is 5.91. The van der Waals surface area contributed by atoms with Crippen LogP contribution >= 0.6 is 0 Å². The molecular weight excluding hydrogens is 377 g/mol. The lowest BCUT2D eigenvalue weighted by Crippen LogP contribution is -2.37. The van der Waals surface area contributed by atoms with Crippen molar-refractivity contribution in [3.05, 3.63) is 47.7 Å². The summed E-state index contributed by atoms with van der Waals surface area (Å²) in [6, 6.07) is 8.51. The Labute approximate surface area is 159 Å². The molecule has 6 nitrogen and oxygen atoms in total. The van der Waals surface area contributed by atoms with Gasteiger partial charge in [0.15, 0.2) is 6.61 Å². The number of amides is 1. The second-order valence-corrected chi connectivity index (χ2v) is 6.28. The van der Waals surface area contributed by atoms with Crippen LogP contribution in [0.4, 0.5) is 13.2 Å². The highest BCUT2D eigenvalue weighted by molar-refractivity contribution is 5.79. The Morgan fingerprint density at radius 1 is 1.36 bits per heavy atom. The van der Waals surface area contributed by atoms with Gasteiger partial charge in [-0.1, -0.05) is 6.07 Å². The highest BCUT2D eigenvalue weighted by Gasteiger charge is 2.29. The molecule has 1 atom stereocenters. The maximum Gasteiger partial charge on any atom is 0.422 e. The minimum absolute atomic E-state index is 0.00132. The first-order chi connectivity index (χ1) is 13.4. The number of benzene rings is 1. The predicted octanol–water partition coefficient (Wildman–Crippen LogP) is 2.90. The summed E-state index contributed by atoms with van der Waals surface area (Å²) >= 11 is 0. The molecule has 1 amide bonds. The maximum absolute atomic E-state index is 12.5. The molecule has 1 aromatic carbocycles. The van der Waals surface area contributed by atoms with Crippen molar-refractivity contribution < 1.29 is 32.2 Å². The molecule has 1 N–H and O–H groups in total. The van der Waals surface area contributed by atoms with Gasteiger partial charge in [0.1, 0.15) is 18.1 Å². The third kappa shape index (κ3) is 5.05. The van der Waals surface area contributed by atoms with E-state index in [1.165, 1.54) is 6.20 Å². The summed E-state index contributed by atoms with van der Waals surface area (Å²) in [6.07, 6.45) is -2.66. The van der Waals surface area contributed by atoms with Crippen LogP contribution in [-0.2, 0) is 17.8 Å². The van der Waals surface area contributed by atoms with E-state index in [0.29, 0.717) is 23.5 Å². The number of pyridine rings is 1. The van der Waals surface area contributed by atoms with Crippen molar-refractivity contribution >= 4 is 5.91 Å². The molecule has 0 aliphatic carbocycles. The number of ether oxygens (including phenoxy) is 3. The lowest BCUT2D eigenvalue weighted by atomic mass is 9.95. The van der Waals surface area contributed by atoms with Gasteiger partial charge in [0.05, 0.1) is 13.0 Å². The molecular formula is C19H19F3N2O4. The van der Waals surface area contributed by atoms with Gasteiger partial charge < -0.3 is 19.5 Å². The first-order valence-corrected chi connectivity index (χ1v) is 8.56. The van der Waals surface area contributed by atoms with Gasteiger partial charge in [-0.05, 0) is 36.2 Å². The number of nitrogens with zero attached hydrogens (tertiary/aromatic N) is 1. The van der Waals surface area contributed by atoms with E-state index in [2.05, 4.69) is 10.3 Å². The number of aromatic nitrogens is 1. The first kappa shape index (κ1) is 19.8. The fourth-order valence-electron chi connectivity index (χ4n) is 2.83. The number of halogens is 3. The maximum atomic E-state index is 12.5. The number of hydrogen-bond donors (Lipinski definition) is 1. The Balaban J connectivity index is 1.60. The van der Waals surface area contributed by atoms with Gasteiger partial charge in [0.25, 0.3) is 0 Å². The van der Waals surface area contributed by atoms with Crippen LogP contribution in [0.1, 0.15) is 11.1 Å². The lowest BCUT2D eigenvalue weighted by Gasteiger charge is -2.25. The third-order valence-electron chi connectivity index (χ3n) is 4.22. The summed E-state index contributed by atoms with van der Waals surface area (Å²) in [5.74, 6) is 0.537. The Morgan fingerprint density at radius 3 is 2.93 bits per heavy atom. The summed E-state index contributed by atoms with van der Waals surface area (Å²) in [6.45, 7) is -1.23. The largest absolute Gasteiger partial charge is 0.497 e. The summed E-state index contributed by atoms with van der Waals surface area (Å²) in [4.78, 5) is 16.3. The number of fused-ring (bicyclic) bond motifs is 1. The number of carbonyl (C=O) groups is 1. The zero-order valence-electron chi connectivity index (χ0n) is 15.1. The van der Waals surface area contributed by atoms with Crippen molar-refractivity contribution in [2.75, 3.05) is 20.3 Å². The van der Waals surface area contributed by atoms with E-state index in [-0.39, 0.29) is 24.9 Å². The summed E-state index contributed by atoms with van der Waals surface area (Å²) in [7, 11) is 1.56. The number of carbonyl (C=O) groups excluding carboxylic acids is 1. The molecule has 150 valence electrons. The molecule has 0 saturated carbocycles. The molecule has 28 heavy (non-hydrogen) atoms. The van der Waals surface area contributed by atoms with Gasteiger partial charge in [-0.15, -0.1) is 0 Å². The first-order valence-electron chi connectivity index (χ1n) is 8.56. The Bertz CT molecular complexity index is 842. The van der Waals surface area contributed by atoms with Gasteiger partial charge in [0, 0.05) is 18.3 Å². The van der Waals surface area contributed by atoms with Crippen molar-refractivity contribution in [3.8, 4) is 17.4 Å². The molecule has 0 radical (unpaired) electrons. The molecule has 3 rings (SSSR count). The summed E-state index contributed by atoms with van der Waals surface area (Å²) < 4.78 is 52.6. The predicted molar refractivity (Wildman–Crippen MR) is 93.3 cm³/mol. The number of rotatable bonds is 6. The number of hydrogen-bond acceptors (Lipinski definition) is 5. The topological polar surface area (TPSA) is 69.7 Å². The fourth-order valence-corrected chi connectivity index (χ4v) is 2.83. The zero-order chi connectivity index (χ0) is 20.1. The van der Waals surface area contributed by atoms with E-state index in [1.54, 1.807) is 31.4 Å². The van der Waals surface area contributed by atoms with Crippen LogP contribution in [0.15, 0.2) is 36.5 Å². The van der Waals surface area contributed by atoms with Crippen LogP contribution in [-0.4, -0.2) is 37.4 Å². The van der Waals surface area contributed by atoms with Crippen molar-refractivity contribution in [1.29, 1.82) is 0 Å². The SMILES string of the molecule is COc1ccc2c(c1)CC(C(=O)NCc1cccnc1OCC(F)(F)F)CO2. The number of alkyl halides is 3. The minimum Gasteiger partial charge on any atom is -0.497 e. The molecule has 0 bridgehead atoms. The monoisotopic (exact) mass is 396 g/mol. The van der Waals surface area contributed by atoms with Gasteiger partial charge in [0.2, 0.25) is 11.8 Å². The molecule has 0 saturated heterocycles. The number of methoxy groups -OCH3 is 1. The highest BCUT2D eigenvalue weighted by atomic mass is 19.4. The van der Waals surface area contributed by atoms with Gasteiger partial charge in [-0.2, -0.15) is 13.2 Å². The smallest absolute Gasteiger partial charge is 0.422 e. The summed E-state index contributed by atoms with van der Waals surface area (Å²) in [5.41, 5.74) is 1.22. The van der Waals surface area contributed by atoms with Crippen molar-refractivity contribution in [2.45, 2.75) is 19.1 Å². The highest BCUT2D eigenvalue weighted by Crippen LogP contribution is 2.30. The average molecular weight is 396 g/mol. The van der Waals surface area contributed by atoms with Crippen LogP contribution in [0, 0.1) is 5.92 Å². The molecule has 1 unspecified atom stereocenters. The molecule has 1 aliphatic rings. The normalized spacial score (nSPS) is 15.9. The molecule has 1 aromatic heterocycles. The third-order valence-corrected chi connectivity index (χ3v) is 4.22. The zero-order valence-corrected chi connectivity index (χ0v) is 15.1. The molecule has 2 heterocycles. The number of nitrogens with one attached hydrogen (secondary N) is 1.